The maximum Gasteiger partial charge on any atom is 0.251 e. The van der Waals surface area contributed by atoms with Crippen LogP contribution in [0.4, 0.5) is 0 Å². The number of nitrogens with one attached hydrogen (secondary N) is 1. The lowest BCUT2D eigenvalue weighted by molar-refractivity contribution is -0.144. The largest absolute Gasteiger partial charge is 0.368 e. The van der Waals surface area contributed by atoms with Gasteiger partial charge >= 0.3 is 0 Å². The highest BCUT2D eigenvalue weighted by Crippen LogP contribution is 2.17. The summed E-state index contributed by atoms with van der Waals surface area (Å²) < 4.78 is 5.51. The summed E-state index contributed by atoms with van der Waals surface area (Å²) in [7, 11) is 1.96. The van der Waals surface area contributed by atoms with Crippen molar-refractivity contribution in [2.24, 2.45) is 5.92 Å². The molecule has 0 aromatic rings. The molecule has 2 atom stereocenters. The Morgan fingerprint density at radius 2 is 2.37 bits per heavy atom. The van der Waals surface area contributed by atoms with Gasteiger partial charge in [0.2, 0.25) is 0 Å². The minimum absolute atomic E-state index is 0. The van der Waals surface area contributed by atoms with E-state index in [1.165, 1.54) is 6.42 Å². The minimum Gasteiger partial charge on any atom is -0.368 e. The van der Waals surface area contributed by atoms with Crippen LogP contribution in [-0.2, 0) is 9.53 Å². The molecule has 1 fully saturated rings. The average molecular weight is 291 g/mol. The molecule has 0 saturated carbocycles. The Hall–Kier alpha value is -0.580. The van der Waals surface area contributed by atoms with Crippen molar-refractivity contribution in [3.63, 3.8) is 0 Å². The van der Waals surface area contributed by atoms with Gasteiger partial charge in [-0.25, -0.2) is 0 Å². The van der Waals surface area contributed by atoms with Crippen LogP contribution in [0, 0.1) is 5.92 Å². The summed E-state index contributed by atoms with van der Waals surface area (Å²) in [6.07, 6.45) is 4.56. The van der Waals surface area contributed by atoms with Gasteiger partial charge in [0.1, 0.15) is 6.10 Å². The van der Waals surface area contributed by atoms with Gasteiger partial charge in [0.15, 0.2) is 0 Å². The Labute approximate surface area is 123 Å². The highest BCUT2D eigenvalue weighted by molar-refractivity contribution is 5.85. The van der Waals surface area contributed by atoms with Crippen LogP contribution in [0.3, 0.4) is 0 Å². The van der Waals surface area contributed by atoms with E-state index in [9.17, 15) is 4.79 Å². The molecule has 0 spiro atoms. The van der Waals surface area contributed by atoms with Gasteiger partial charge in [0.05, 0.1) is 6.61 Å². The van der Waals surface area contributed by atoms with Crippen molar-refractivity contribution in [2.75, 3.05) is 33.3 Å². The van der Waals surface area contributed by atoms with Gasteiger partial charge in [-0.05, 0) is 45.7 Å². The molecule has 1 aliphatic rings. The number of amides is 1. The fraction of sp³-hybridized carbons (Fsp3) is 0.786. The Balaban J connectivity index is 0.00000324. The third kappa shape index (κ3) is 6.41. The van der Waals surface area contributed by atoms with Crippen molar-refractivity contribution in [2.45, 2.75) is 32.3 Å². The van der Waals surface area contributed by atoms with Crippen LogP contribution >= 0.6 is 12.4 Å². The molecule has 112 valence electrons. The standard InChI is InChI=1S/C14H26N2O2.ClH/c1-4-5-9-18-12(2)14(17)16-8-6-7-13(11-16)10-15-3;/h4,12-13,15H,1,5-11H2,2-3H3;1H. The average Bonchev–Trinajstić information content (AvgIpc) is 2.39. The van der Waals surface area contributed by atoms with E-state index in [2.05, 4.69) is 11.9 Å². The smallest absolute Gasteiger partial charge is 0.251 e. The highest BCUT2D eigenvalue weighted by atomic mass is 35.5. The molecule has 19 heavy (non-hydrogen) atoms. The number of piperidine rings is 1. The van der Waals surface area contributed by atoms with Gasteiger partial charge in [-0.2, -0.15) is 0 Å². The first kappa shape index (κ1) is 18.4. The van der Waals surface area contributed by atoms with Crippen molar-refractivity contribution in [1.82, 2.24) is 10.2 Å². The lowest BCUT2D eigenvalue weighted by Gasteiger charge is -2.34. The van der Waals surface area contributed by atoms with E-state index in [1.54, 1.807) is 6.08 Å². The minimum atomic E-state index is -0.335. The molecular formula is C14H27ClN2O2. The fourth-order valence-corrected chi connectivity index (χ4v) is 2.38. The molecule has 1 N–H and O–H groups in total. The van der Waals surface area contributed by atoms with E-state index in [0.29, 0.717) is 12.5 Å². The Bertz CT molecular complexity index is 272. The lowest BCUT2D eigenvalue weighted by atomic mass is 9.97. The summed E-state index contributed by atoms with van der Waals surface area (Å²) in [5.41, 5.74) is 0. The maximum absolute atomic E-state index is 12.2. The van der Waals surface area contributed by atoms with Crippen molar-refractivity contribution < 1.29 is 9.53 Å². The molecule has 1 saturated heterocycles. The third-order valence-electron chi connectivity index (χ3n) is 3.36. The summed E-state index contributed by atoms with van der Waals surface area (Å²) in [5.74, 6) is 0.702. The molecule has 0 aliphatic carbocycles. The number of nitrogens with zero attached hydrogens (tertiary/aromatic N) is 1. The van der Waals surface area contributed by atoms with E-state index in [1.807, 2.05) is 18.9 Å². The quantitative estimate of drug-likeness (QED) is 0.575. The van der Waals surface area contributed by atoms with E-state index in [-0.39, 0.29) is 24.4 Å². The van der Waals surface area contributed by atoms with Gasteiger partial charge in [0, 0.05) is 13.1 Å². The summed E-state index contributed by atoms with van der Waals surface area (Å²) in [6, 6.07) is 0. The molecule has 0 aromatic heterocycles. The van der Waals surface area contributed by atoms with Gasteiger partial charge in [-0.3, -0.25) is 4.79 Å². The monoisotopic (exact) mass is 290 g/mol. The molecule has 0 aromatic carbocycles. The Morgan fingerprint density at radius 3 is 3.00 bits per heavy atom. The SMILES string of the molecule is C=CCCOC(C)C(=O)N1CCCC(CNC)C1.Cl. The highest BCUT2D eigenvalue weighted by Gasteiger charge is 2.26. The van der Waals surface area contributed by atoms with Gasteiger partial charge in [0.25, 0.3) is 5.91 Å². The first-order valence-electron chi connectivity index (χ1n) is 6.85. The number of hydrogen-bond acceptors (Lipinski definition) is 3. The molecule has 1 aliphatic heterocycles. The van der Waals surface area contributed by atoms with Crippen LogP contribution in [0.1, 0.15) is 26.2 Å². The van der Waals surface area contributed by atoms with Gasteiger partial charge in [-0.1, -0.05) is 6.08 Å². The summed E-state index contributed by atoms with van der Waals surface area (Å²) in [6.45, 7) is 8.76. The van der Waals surface area contributed by atoms with Crippen LogP contribution in [0.25, 0.3) is 0 Å². The van der Waals surface area contributed by atoms with Crippen molar-refractivity contribution in [3.05, 3.63) is 12.7 Å². The van der Waals surface area contributed by atoms with Crippen LogP contribution in [0.2, 0.25) is 0 Å². The topological polar surface area (TPSA) is 41.6 Å². The number of rotatable bonds is 7. The van der Waals surface area contributed by atoms with E-state index < -0.39 is 0 Å². The number of carbonyl (C=O) groups is 1. The summed E-state index contributed by atoms with van der Waals surface area (Å²) in [5, 5.41) is 3.19. The first-order chi connectivity index (χ1) is 8.69. The zero-order valence-electron chi connectivity index (χ0n) is 12.1. The zero-order valence-corrected chi connectivity index (χ0v) is 12.9. The first-order valence-corrected chi connectivity index (χ1v) is 6.85. The maximum atomic E-state index is 12.2. The van der Waals surface area contributed by atoms with Gasteiger partial charge in [-0.15, -0.1) is 19.0 Å². The molecule has 1 rings (SSSR count). The Morgan fingerprint density at radius 1 is 1.63 bits per heavy atom. The van der Waals surface area contributed by atoms with Crippen LogP contribution in [0.5, 0.6) is 0 Å². The van der Waals surface area contributed by atoms with Crippen LogP contribution in [0.15, 0.2) is 12.7 Å². The predicted octanol–water partition coefficient (Wildman–Crippen LogP) is 1.85. The normalized spacial score (nSPS) is 20.5. The third-order valence-corrected chi connectivity index (χ3v) is 3.36. The number of likely N-dealkylation sites (tertiary alicyclic amines) is 1. The lowest BCUT2D eigenvalue weighted by Crippen LogP contribution is -2.46. The van der Waals surface area contributed by atoms with Crippen LogP contribution < -0.4 is 5.32 Å². The molecule has 0 bridgehead atoms. The molecule has 1 amide bonds. The van der Waals surface area contributed by atoms with Gasteiger partial charge < -0.3 is 15.0 Å². The molecule has 5 heteroatoms. The fourth-order valence-electron chi connectivity index (χ4n) is 2.38. The van der Waals surface area contributed by atoms with E-state index >= 15 is 0 Å². The molecule has 0 radical (unpaired) electrons. The number of halogens is 1. The van der Waals surface area contributed by atoms with Crippen LogP contribution in [-0.4, -0.2) is 50.2 Å². The second-order valence-electron chi connectivity index (χ2n) is 4.94. The summed E-state index contributed by atoms with van der Waals surface area (Å²) in [4.78, 5) is 14.1. The van der Waals surface area contributed by atoms with Crippen molar-refractivity contribution >= 4 is 18.3 Å². The number of hydrogen-bond donors (Lipinski definition) is 1. The number of carbonyl (C=O) groups excluding carboxylic acids is 1. The predicted molar refractivity (Wildman–Crippen MR) is 80.7 cm³/mol. The molecule has 4 nitrogen and oxygen atoms in total. The van der Waals surface area contributed by atoms with E-state index in [4.69, 9.17) is 4.74 Å². The molecule has 1 heterocycles. The second kappa shape index (κ2) is 10.2. The summed E-state index contributed by atoms with van der Waals surface area (Å²) >= 11 is 0. The number of ether oxygens (including phenoxy) is 1. The molecular weight excluding hydrogens is 264 g/mol. The zero-order chi connectivity index (χ0) is 13.4. The van der Waals surface area contributed by atoms with E-state index in [0.717, 1.165) is 32.5 Å². The molecule has 2 unspecified atom stereocenters. The second-order valence-corrected chi connectivity index (χ2v) is 4.94. The van der Waals surface area contributed by atoms with Crippen molar-refractivity contribution in [3.8, 4) is 0 Å². The van der Waals surface area contributed by atoms with Crippen molar-refractivity contribution in [1.29, 1.82) is 0 Å². The Kier molecular flexibility index (Phi) is 9.92.